The fraction of sp³-hybridized carbons (Fsp3) is 0.321. The molecule has 2 amide bonds. The Labute approximate surface area is 216 Å². The van der Waals surface area contributed by atoms with Gasteiger partial charge in [0.2, 0.25) is 0 Å². The van der Waals surface area contributed by atoms with Crippen LogP contribution in [-0.4, -0.2) is 47.6 Å². The summed E-state index contributed by atoms with van der Waals surface area (Å²) in [4.78, 5) is 46.0. The Balaban J connectivity index is 1.63. The fourth-order valence-corrected chi connectivity index (χ4v) is 3.48. The van der Waals surface area contributed by atoms with Crippen LogP contribution in [0, 0.1) is 6.92 Å². The number of benzene rings is 2. The summed E-state index contributed by atoms with van der Waals surface area (Å²) in [6.07, 6.45) is 0.689. The molecule has 3 aromatic rings. The van der Waals surface area contributed by atoms with Gasteiger partial charge < -0.3 is 20.1 Å². The molecule has 9 heteroatoms. The Morgan fingerprint density at radius 3 is 2.27 bits per heavy atom. The number of ether oxygens (including phenoxy) is 2. The van der Waals surface area contributed by atoms with Gasteiger partial charge in [0.15, 0.2) is 5.82 Å². The summed E-state index contributed by atoms with van der Waals surface area (Å²) in [6, 6.07) is 16.0. The van der Waals surface area contributed by atoms with Crippen LogP contribution < -0.4 is 10.6 Å². The van der Waals surface area contributed by atoms with Gasteiger partial charge in [-0.1, -0.05) is 75.4 Å². The van der Waals surface area contributed by atoms with Crippen molar-refractivity contribution in [3.8, 4) is 11.4 Å². The molecule has 1 aromatic heterocycles. The van der Waals surface area contributed by atoms with Gasteiger partial charge in [-0.05, 0) is 23.5 Å². The molecule has 2 N–H and O–H groups in total. The number of amides is 2. The Hall–Kier alpha value is -4.27. The lowest BCUT2D eigenvalue weighted by Crippen LogP contribution is -2.49. The van der Waals surface area contributed by atoms with E-state index < -0.39 is 24.0 Å². The van der Waals surface area contributed by atoms with Gasteiger partial charge in [0.1, 0.15) is 12.6 Å². The summed E-state index contributed by atoms with van der Waals surface area (Å²) in [5.41, 5.74) is 3.52. The van der Waals surface area contributed by atoms with Crippen molar-refractivity contribution in [1.29, 1.82) is 0 Å². The Kier molecular flexibility index (Phi) is 8.95. The summed E-state index contributed by atoms with van der Waals surface area (Å²) < 4.78 is 9.92. The van der Waals surface area contributed by atoms with Crippen molar-refractivity contribution >= 4 is 18.0 Å². The van der Waals surface area contributed by atoms with E-state index in [2.05, 4.69) is 41.4 Å². The van der Waals surface area contributed by atoms with E-state index in [0.717, 1.165) is 11.1 Å². The van der Waals surface area contributed by atoms with E-state index in [0.29, 0.717) is 11.5 Å². The minimum absolute atomic E-state index is 0.0287. The smallest absolute Gasteiger partial charge is 0.407 e. The van der Waals surface area contributed by atoms with Crippen LogP contribution >= 0.6 is 0 Å². The Morgan fingerprint density at radius 2 is 1.68 bits per heavy atom. The maximum atomic E-state index is 12.9. The first kappa shape index (κ1) is 27.3. The van der Waals surface area contributed by atoms with Gasteiger partial charge in [0.25, 0.3) is 5.91 Å². The number of alkyl carbamates (subject to hydrolysis) is 1. The average molecular weight is 505 g/mol. The number of carbonyl (C=O) groups is 3. The Bertz CT molecular complexity index is 1240. The van der Waals surface area contributed by atoms with Crippen LogP contribution in [-0.2, 0) is 26.3 Å². The lowest BCUT2D eigenvalue weighted by molar-refractivity contribution is -0.142. The topological polar surface area (TPSA) is 120 Å². The van der Waals surface area contributed by atoms with E-state index in [1.165, 1.54) is 18.9 Å². The van der Waals surface area contributed by atoms with Crippen LogP contribution in [0.2, 0.25) is 0 Å². The zero-order valence-corrected chi connectivity index (χ0v) is 21.7. The van der Waals surface area contributed by atoms with Crippen molar-refractivity contribution in [2.75, 3.05) is 13.7 Å². The number of esters is 1. The highest BCUT2D eigenvalue weighted by molar-refractivity contribution is 5.97. The minimum Gasteiger partial charge on any atom is -0.467 e. The summed E-state index contributed by atoms with van der Waals surface area (Å²) in [6.45, 7) is 7.96. The maximum Gasteiger partial charge on any atom is 0.407 e. The number of carbonyl (C=O) groups excluding carboxylic acids is 3. The van der Waals surface area contributed by atoms with Gasteiger partial charge in [-0.3, -0.25) is 4.79 Å². The summed E-state index contributed by atoms with van der Waals surface area (Å²) in [5.74, 6) is -0.797. The molecule has 0 radical (unpaired) electrons. The van der Waals surface area contributed by atoms with Crippen molar-refractivity contribution in [3.63, 3.8) is 0 Å². The van der Waals surface area contributed by atoms with E-state index in [1.54, 1.807) is 6.92 Å². The zero-order valence-electron chi connectivity index (χ0n) is 21.7. The maximum absolute atomic E-state index is 12.9. The molecule has 0 aliphatic carbocycles. The number of nitrogens with one attached hydrogen (secondary N) is 2. The largest absolute Gasteiger partial charge is 0.467 e. The van der Waals surface area contributed by atoms with E-state index in [1.807, 2.05) is 54.6 Å². The lowest BCUT2D eigenvalue weighted by Gasteiger charge is -2.19. The van der Waals surface area contributed by atoms with Gasteiger partial charge in [-0.15, -0.1) is 0 Å². The second kappa shape index (κ2) is 12.1. The number of rotatable bonds is 8. The van der Waals surface area contributed by atoms with Gasteiger partial charge >= 0.3 is 12.1 Å². The third kappa shape index (κ3) is 7.60. The van der Waals surface area contributed by atoms with Crippen LogP contribution in [0.15, 0.2) is 60.8 Å². The summed E-state index contributed by atoms with van der Waals surface area (Å²) in [7, 11) is 1.20. The van der Waals surface area contributed by atoms with Crippen LogP contribution in [0.1, 0.15) is 48.0 Å². The first-order valence-corrected chi connectivity index (χ1v) is 11.9. The SMILES string of the molecule is COC(=O)[C@H](CNC(=O)OCc1ccccc1)NC(=O)c1cnc(-c2ccc(C(C)(C)C)cc2)nc1C. The molecule has 0 fully saturated rings. The predicted molar refractivity (Wildman–Crippen MR) is 139 cm³/mol. The molecule has 37 heavy (non-hydrogen) atoms. The van der Waals surface area contributed by atoms with Crippen molar-refractivity contribution in [2.24, 2.45) is 0 Å². The highest BCUT2D eigenvalue weighted by Crippen LogP contribution is 2.25. The Morgan fingerprint density at radius 1 is 1.00 bits per heavy atom. The summed E-state index contributed by atoms with van der Waals surface area (Å²) >= 11 is 0. The molecule has 1 atom stereocenters. The molecule has 0 saturated carbocycles. The average Bonchev–Trinajstić information content (AvgIpc) is 2.89. The number of hydrogen-bond donors (Lipinski definition) is 2. The summed E-state index contributed by atoms with van der Waals surface area (Å²) in [5, 5.41) is 5.05. The predicted octanol–water partition coefficient (Wildman–Crippen LogP) is 3.95. The molecule has 0 unspecified atom stereocenters. The van der Waals surface area contributed by atoms with Crippen LogP contribution in [0.25, 0.3) is 11.4 Å². The van der Waals surface area contributed by atoms with Crippen molar-refractivity contribution < 1.29 is 23.9 Å². The van der Waals surface area contributed by atoms with E-state index in [4.69, 9.17) is 9.47 Å². The lowest BCUT2D eigenvalue weighted by atomic mass is 9.87. The number of hydrogen-bond acceptors (Lipinski definition) is 7. The van der Waals surface area contributed by atoms with Crippen molar-refractivity contribution in [3.05, 3.63) is 83.2 Å². The second-order valence-electron chi connectivity index (χ2n) is 9.51. The highest BCUT2D eigenvalue weighted by atomic mass is 16.5. The van der Waals surface area contributed by atoms with Gasteiger partial charge in [0, 0.05) is 11.8 Å². The molecule has 1 heterocycles. The molecular weight excluding hydrogens is 472 g/mol. The van der Waals surface area contributed by atoms with Crippen LogP contribution in [0.4, 0.5) is 4.79 Å². The second-order valence-corrected chi connectivity index (χ2v) is 9.51. The molecule has 0 aliphatic rings. The van der Waals surface area contributed by atoms with Gasteiger partial charge in [-0.2, -0.15) is 0 Å². The van der Waals surface area contributed by atoms with Crippen LogP contribution in [0.5, 0.6) is 0 Å². The number of nitrogens with zero attached hydrogens (tertiary/aromatic N) is 2. The van der Waals surface area contributed by atoms with Gasteiger partial charge in [0.05, 0.1) is 24.9 Å². The quantitative estimate of drug-likeness (QED) is 0.446. The molecule has 194 valence electrons. The van der Waals surface area contributed by atoms with Crippen molar-refractivity contribution in [2.45, 2.75) is 45.8 Å². The highest BCUT2D eigenvalue weighted by Gasteiger charge is 2.24. The third-order valence-electron chi connectivity index (χ3n) is 5.69. The van der Waals surface area contributed by atoms with E-state index in [-0.39, 0.29) is 24.1 Å². The first-order chi connectivity index (χ1) is 17.6. The number of aryl methyl sites for hydroxylation is 1. The zero-order chi connectivity index (χ0) is 27.0. The minimum atomic E-state index is -1.13. The number of methoxy groups -OCH3 is 1. The normalized spacial score (nSPS) is 11.8. The standard InChI is InChI=1S/C28H32N4O5/c1-18-22(15-29-24(31-18)20-11-13-21(14-12-20)28(2,3)4)25(33)32-23(26(34)36-5)16-30-27(35)37-17-19-9-7-6-8-10-19/h6-15,23H,16-17H2,1-5H3,(H,30,35)(H,32,33)/t23-/m0/s1. The van der Waals surface area contributed by atoms with E-state index >= 15 is 0 Å². The molecule has 2 aromatic carbocycles. The molecule has 0 spiro atoms. The van der Waals surface area contributed by atoms with Crippen molar-refractivity contribution in [1.82, 2.24) is 20.6 Å². The monoisotopic (exact) mass is 504 g/mol. The molecule has 9 nitrogen and oxygen atoms in total. The van der Waals surface area contributed by atoms with Gasteiger partial charge in [-0.25, -0.2) is 19.6 Å². The fourth-order valence-electron chi connectivity index (χ4n) is 3.48. The molecular formula is C28H32N4O5. The van der Waals surface area contributed by atoms with E-state index in [9.17, 15) is 14.4 Å². The first-order valence-electron chi connectivity index (χ1n) is 11.9. The number of aromatic nitrogens is 2. The molecule has 0 bridgehead atoms. The third-order valence-corrected chi connectivity index (χ3v) is 5.69. The molecule has 3 rings (SSSR count). The molecule has 0 aliphatic heterocycles. The molecule has 0 saturated heterocycles. The van der Waals surface area contributed by atoms with Crippen LogP contribution in [0.3, 0.4) is 0 Å².